The number of aryl methyl sites for hydroxylation is 2. The van der Waals surface area contributed by atoms with E-state index in [1.165, 1.54) is 30.0 Å². The molecule has 0 aromatic heterocycles. The highest BCUT2D eigenvalue weighted by Gasteiger charge is 2.40. The van der Waals surface area contributed by atoms with Gasteiger partial charge in [-0.25, -0.2) is 9.29 Å². The van der Waals surface area contributed by atoms with Gasteiger partial charge in [-0.05, 0) is 48.4 Å². The van der Waals surface area contributed by atoms with Gasteiger partial charge in [-0.2, -0.15) is 0 Å². The van der Waals surface area contributed by atoms with Gasteiger partial charge in [-0.1, -0.05) is 37.3 Å². The molecule has 0 fully saturated rings. The predicted octanol–water partition coefficient (Wildman–Crippen LogP) is 4.48. The van der Waals surface area contributed by atoms with Crippen molar-refractivity contribution in [1.29, 1.82) is 0 Å². The number of anilines is 1. The Balaban J connectivity index is 2.14. The Bertz CT molecular complexity index is 904. The second-order valence-corrected chi connectivity index (χ2v) is 7.11. The number of carbonyl (C=O) groups excluding carboxylic acids is 2. The normalized spacial score (nSPS) is 14.6. The first-order valence-corrected chi connectivity index (χ1v) is 9.02. The minimum atomic E-state index is -0.591. The maximum Gasteiger partial charge on any atom is 0.272 e. The number of hydrogen-bond acceptors (Lipinski definition) is 3. The molecule has 1 aliphatic heterocycles. The average Bonchev–Trinajstić information content (AvgIpc) is 2.82. The molecule has 2 aromatic carbocycles. The van der Waals surface area contributed by atoms with E-state index in [1.54, 1.807) is 6.07 Å². The van der Waals surface area contributed by atoms with Gasteiger partial charge >= 0.3 is 0 Å². The third-order valence-corrected chi connectivity index (χ3v) is 5.18. The van der Waals surface area contributed by atoms with E-state index >= 15 is 0 Å². The summed E-state index contributed by atoms with van der Waals surface area (Å²) in [5.74, 6) is -0.885. The maximum atomic E-state index is 14.2. The van der Waals surface area contributed by atoms with Gasteiger partial charge in [0, 0.05) is 0 Å². The lowest BCUT2D eigenvalue weighted by atomic mass is 10.0. The van der Waals surface area contributed by atoms with Gasteiger partial charge in [0.2, 0.25) is 0 Å². The molecule has 0 radical (unpaired) electrons. The Morgan fingerprint density at radius 1 is 1.00 bits per heavy atom. The summed E-state index contributed by atoms with van der Waals surface area (Å²) >= 11 is 1.31. The number of carbonyl (C=O) groups is 2. The van der Waals surface area contributed by atoms with E-state index < -0.39 is 17.6 Å². The highest BCUT2D eigenvalue weighted by molar-refractivity contribution is 8.04. The van der Waals surface area contributed by atoms with Crippen LogP contribution in [-0.2, 0) is 9.59 Å². The van der Waals surface area contributed by atoms with Crippen molar-refractivity contribution in [2.24, 2.45) is 0 Å². The van der Waals surface area contributed by atoms with Gasteiger partial charge in [-0.3, -0.25) is 9.59 Å². The molecule has 25 heavy (non-hydrogen) atoms. The molecule has 0 saturated carbocycles. The highest BCUT2D eigenvalue weighted by Crippen LogP contribution is 2.39. The van der Waals surface area contributed by atoms with E-state index in [-0.39, 0.29) is 5.69 Å². The van der Waals surface area contributed by atoms with Crippen LogP contribution in [0.3, 0.4) is 0 Å². The third kappa shape index (κ3) is 3.00. The molecule has 0 bridgehead atoms. The van der Waals surface area contributed by atoms with Crippen molar-refractivity contribution >= 4 is 34.8 Å². The monoisotopic (exact) mass is 355 g/mol. The molecule has 3 rings (SSSR count). The number of hydrogen-bond donors (Lipinski definition) is 0. The first kappa shape index (κ1) is 17.4. The van der Waals surface area contributed by atoms with Crippen molar-refractivity contribution in [3.63, 3.8) is 0 Å². The van der Waals surface area contributed by atoms with E-state index in [2.05, 4.69) is 0 Å². The first-order chi connectivity index (χ1) is 12.0. The summed E-state index contributed by atoms with van der Waals surface area (Å²) in [5.41, 5.74) is 3.18. The molecule has 0 unspecified atom stereocenters. The van der Waals surface area contributed by atoms with Crippen LogP contribution >= 0.6 is 11.8 Å². The highest BCUT2D eigenvalue weighted by atomic mass is 32.2. The predicted molar refractivity (Wildman–Crippen MR) is 99.9 cm³/mol. The standard InChI is InChI=1S/C20H18FNO2S/c1-4-25-18-17(14-10-9-12(2)13(3)11-14)19(23)22(20(18)24)16-8-6-5-7-15(16)21/h5-11H,4H2,1-3H3. The molecule has 0 spiro atoms. The first-order valence-electron chi connectivity index (χ1n) is 8.03. The molecule has 3 nitrogen and oxygen atoms in total. The van der Waals surface area contributed by atoms with Crippen molar-refractivity contribution in [2.75, 3.05) is 10.7 Å². The summed E-state index contributed by atoms with van der Waals surface area (Å²) in [6.45, 7) is 5.86. The summed E-state index contributed by atoms with van der Waals surface area (Å²) in [6.07, 6.45) is 0. The topological polar surface area (TPSA) is 37.4 Å². The number of rotatable bonds is 4. The SMILES string of the molecule is CCSC1=C(c2ccc(C)c(C)c2)C(=O)N(c2ccccc2F)C1=O. The lowest BCUT2D eigenvalue weighted by molar-refractivity contribution is -0.119. The summed E-state index contributed by atoms with van der Waals surface area (Å²) in [5, 5.41) is 0. The summed E-state index contributed by atoms with van der Waals surface area (Å²) < 4.78 is 14.2. The van der Waals surface area contributed by atoms with Gasteiger partial charge in [0.1, 0.15) is 5.82 Å². The average molecular weight is 355 g/mol. The Morgan fingerprint density at radius 2 is 1.72 bits per heavy atom. The van der Waals surface area contributed by atoms with Crippen LogP contribution in [0.4, 0.5) is 10.1 Å². The molecular weight excluding hydrogens is 337 g/mol. The fourth-order valence-corrected chi connectivity index (χ4v) is 3.64. The minimum Gasteiger partial charge on any atom is -0.268 e. The van der Waals surface area contributed by atoms with E-state index in [4.69, 9.17) is 0 Å². The number of nitrogens with zero attached hydrogens (tertiary/aromatic N) is 1. The van der Waals surface area contributed by atoms with Crippen LogP contribution in [0.1, 0.15) is 23.6 Å². The largest absolute Gasteiger partial charge is 0.272 e. The van der Waals surface area contributed by atoms with Crippen molar-refractivity contribution in [3.05, 3.63) is 69.9 Å². The second kappa shape index (κ2) is 6.84. The number of imide groups is 1. The number of para-hydroxylation sites is 1. The molecule has 0 atom stereocenters. The number of halogens is 1. The zero-order valence-corrected chi connectivity index (χ0v) is 15.1. The van der Waals surface area contributed by atoms with E-state index in [0.29, 0.717) is 21.8 Å². The molecule has 128 valence electrons. The third-order valence-electron chi connectivity index (χ3n) is 4.22. The van der Waals surface area contributed by atoms with Crippen LogP contribution < -0.4 is 4.90 Å². The van der Waals surface area contributed by atoms with Gasteiger partial charge in [-0.15, -0.1) is 11.8 Å². The summed E-state index contributed by atoms with van der Waals surface area (Å²) in [6, 6.07) is 11.5. The van der Waals surface area contributed by atoms with Crippen molar-refractivity contribution in [1.82, 2.24) is 0 Å². The van der Waals surface area contributed by atoms with E-state index in [9.17, 15) is 14.0 Å². The van der Waals surface area contributed by atoms with Crippen LogP contribution in [0.25, 0.3) is 5.57 Å². The zero-order chi connectivity index (χ0) is 18.1. The van der Waals surface area contributed by atoms with Crippen molar-refractivity contribution < 1.29 is 14.0 Å². The summed E-state index contributed by atoms with van der Waals surface area (Å²) in [4.78, 5) is 27.2. The van der Waals surface area contributed by atoms with E-state index in [1.807, 2.05) is 39.0 Å². The lowest BCUT2D eigenvalue weighted by Crippen LogP contribution is -2.32. The Labute approximate surface area is 150 Å². The van der Waals surface area contributed by atoms with Crippen LogP contribution in [0.2, 0.25) is 0 Å². The Hall–Kier alpha value is -2.40. The van der Waals surface area contributed by atoms with Gasteiger partial charge in [0.25, 0.3) is 11.8 Å². The lowest BCUT2D eigenvalue weighted by Gasteiger charge is -2.16. The smallest absolute Gasteiger partial charge is 0.268 e. The quantitative estimate of drug-likeness (QED) is 0.759. The van der Waals surface area contributed by atoms with Gasteiger partial charge in [0.15, 0.2) is 0 Å². The van der Waals surface area contributed by atoms with Crippen LogP contribution in [0.15, 0.2) is 47.4 Å². The number of thioether (sulfide) groups is 1. The van der Waals surface area contributed by atoms with Crippen molar-refractivity contribution in [3.8, 4) is 0 Å². The zero-order valence-electron chi connectivity index (χ0n) is 14.3. The fraction of sp³-hybridized carbons (Fsp3) is 0.200. The van der Waals surface area contributed by atoms with Crippen molar-refractivity contribution in [2.45, 2.75) is 20.8 Å². The molecule has 2 amide bonds. The molecule has 5 heteroatoms. The van der Waals surface area contributed by atoms with E-state index in [0.717, 1.165) is 16.0 Å². The molecule has 1 aliphatic rings. The number of benzene rings is 2. The second-order valence-electron chi connectivity index (χ2n) is 5.83. The van der Waals surface area contributed by atoms with Crippen LogP contribution in [-0.4, -0.2) is 17.6 Å². The maximum absolute atomic E-state index is 14.2. The Kier molecular flexibility index (Phi) is 4.77. The molecule has 2 aromatic rings. The molecule has 0 N–H and O–H groups in total. The van der Waals surface area contributed by atoms with Crippen LogP contribution in [0, 0.1) is 19.7 Å². The Morgan fingerprint density at radius 3 is 2.36 bits per heavy atom. The molecule has 0 aliphatic carbocycles. The van der Waals surface area contributed by atoms with Crippen LogP contribution in [0.5, 0.6) is 0 Å². The van der Waals surface area contributed by atoms with Gasteiger partial charge in [0.05, 0.1) is 16.2 Å². The fourth-order valence-electron chi connectivity index (χ4n) is 2.79. The molecule has 0 saturated heterocycles. The summed E-state index contributed by atoms with van der Waals surface area (Å²) in [7, 11) is 0. The molecule has 1 heterocycles. The molecular formula is C20H18FNO2S. The minimum absolute atomic E-state index is 0.00876. The number of amides is 2. The van der Waals surface area contributed by atoms with Gasteiger partial charge < -0.3 is 0 Å².